The number of benzene rings is 1. The Morgan fingerprint density at radius 3 is 2.78 bits per heavy atom. The van der Waals surface area contributed by atoms with E-state index in [2.05, 4.69) is 4.98 Å². The molecule has 0 bridgehead atoms. The van der Waals surface area contributed by atoms with Crippen molar-refractivity contribution in [1.82, 2.24) is 9.55 Å². The first kappa shape index (κ1) is 21.2. The van der Waals surface area contributed by atoms with E-state index in [-0.39, 0.29) is 46.4 Å². The van der Waals surface area contributed by atoms with E-state index >= 15 is 4.39 Å². The number of hydrogen-bond donors (Lipinski definition) is 4. The highest BCUT2D eigenvalue weighted by atomic mass is 32.1. The van der Waals surface area contributed by atoms with Gasteiger partial charge in [-0.15, -0.1) is 11.3 Å². The second-order valence-electron chi connectivity index (χ2n) is 8.51. The van der Waals surface area contributed by atoms with Gasteiger partial charge in [0.25, 0.3) is 5.56 Å². The first-order valence-corrected chi connectivity index (χ1v) is 11.5. The van der Waals surface area contributed by atoms with Gasteiger partial charge < -0.3 is 21.3 Å². The number of fused-ring (bicyclic) bond motifs is 2. The largest absolute Gasteiger partial charge is 0.494 e. The molecule has 0 saturated heterocycles. The van der Waals surface area contributed by atoms with Crippen LogP contribution in [0, 0.1) is 5.82 Å². The molecule has 10 heteroatoms. The zero-order valence-corrected chi connectivity index (χ0v) is 18.4. The molecule has 32 heavy (non-hydrogen) atoms. The van der Waals surface area contributed by atoms with Crippen molar-refractivity contribution in [2.75, 3.05) is 19.4 Å². The average molecular weight is 461 g/mol. The van der Waals surface area contributed by atoms with Crippen molar-refractivity contribution in [3.05, 3.63) is 43.2 Å². The van der Waals surface area contributed by atoms with Crippen molar-refractivity contribution in [2.24, 2.45) is 5.73 Å². The molecular formula is C22H25FN4O4S. The molecule has 1 fully saturated rings. The number of aliphatic hydroxyl groups is 1. The van der Waals surface area contributed by atoms with Gasteiger partial charge in [-0.1, -0.05) is 0 Å². The zero-order chi connectivity index (χ0) is 22.7. The number of methoxy groups -OCH3 is 1. The van der Waals surface area contributed by atoms with Crippen molar-refractivity contribution in [3.8, 4) is 16.2 Å². The molecule has 2 heterocycles. The molecule has 2 aromatic heterocycles. The first-order valence-electron chi connectivity index (χ1n) is 10.7. The number of rotatable bonds is 5. The number of aromatic nitrogens is 2. The van der Waals surface area contributed by atoms with Crippen LogP contribution in [0.2, 0.25) is 0 Å². The highest BCUT2D eigenvalue weighted by molar-refractivity contribution is 7.15. The summed E-state index contributed by atoms with van der Waals surface area (Å²) in [4.78, 5) is 29.1. The predicted molar refractivity (Wildman–Crippen MR) is 122 cm³/mol. The molecule has 5 rings (SSSR count). The molecule has 3 aromatic rings. The van der Waals surface area contributed by atoms with E-state index < -0.39 is 23.2 Å². The van der Waals surface area contributed by atoms with Crippen LogP contribution >= 0.6 is 11.3 Å². The van der Waals surface area contributed by atoms with Gasteiger partial charge in [0.05, 0.1) is 29.9 Å². The standard InChI is InChI=1S/C22H25FN4O4S/c1-31-20-15(14-7-11-10(12(28)8-24)3-2-4-13(11)32-14)17(23)18(25)16-19(20)27(9-5-6-9)22(30)26-21(16)29/h7,9-10,12,28H,2-6,8,24-25H2,1H3,(H,26,29,30). The second kappa shape index (κ2) is 7.72. The van der Waals surface area contributed by atoms with Crippen LogP contribution in [-0.4, -0.2) is 34.4 Å². The average Bonchev–Trinajstić information content (AvgIpc) is 3.51. The van der Waals surface area contributed by atoms with Crippen molar-refractivity contribution >= 4 is 27.9 Å². The fourth-order valence-electron chi connectivity index (χ4n) is 4.86. The summed E-state index contributed by atoms with van der Waals surface area (Å²) in [6, 6.07) is 1.77. The Morgan fingerprint density at radius 1 is 1.38 bits per heavy atom. The number of aromatic amines is 1. The number of thiophene rings is 1. The SMILES string of the molecule is COc1c(-c2cc3c(s2)CCCC3C(O)CN)c(F)c(N)c2c(=O)[nH]c(=O)n(C3CC3)c12. The van der Waals surface area contributed by atoms with E-state index in [1.54, 1.807) is 0 Å². The van der Waals surface area contributed by atoms with Gasteiger partial charge in [0.1, 0.15) is 5.52 Å². The van der Waals surface area contributed by atoms with Crippen molar-refractivity contribution in [3.63, 3.8) is 0 Å². The van der Waals surface area contributed by atoms with E-state index in [4.69, 9.17) is 16.2 Å². The second-order valence-corrected chi connectivity index (χ2v) is 9.65. The molecule has 2 atom stereocenters. The number of anilines is 1. The summed E-state index contributed by atoms with van der Waals surface area (Å²) in [6.45, 7) is 0.145. The molecule has 1 saturated carbocycles. The maximum atomic E-state index is 15.7. The highest BCUT2D eigenvalue weighted by Crippen LogP contribution is 2.49. The summed E-state index contributed by atoms with van der Waals surface area (Å²) < 4.78 is 22.8. The number of nitrogens with one attached hydrogen (secondary N) is 1. The van der Waals surface area contributed by atoms with Gasteiger partial charge >= 0.3 is 5.69 Å². The number of nitrogens with two attached hydrogens (primary N) is 2. The van der Waals surface area contributed by atoms with E-state index in [0.717, 1.165) is 42.5 Å². The molecule has 0 radical (unpaired) electrons. The molecule has 2 aliphatic carbocycles. The lowest BCUT2D eigenvalue weighted by atomic mass is 9.83. The van der Waals surface area contributed by atoms with Crippen LogP contribution in [0.15, 0.2) is 15.7 Å². The van der Waals surface area contributed by atoms with Crippen molar-refractivity contribution in [2.45, 2.75) is 50.2 Å². The van der Waals surface area contributed by atoms with Crippen molar-refractivity contribution < 1.29 is 14.2 Å². The Labute approximate surface area is 186 Å². The summed E-state index contributed by atoms with van der Waals surface area (Å²) in [7, 11) is 1.39. The summed E-state index contributed by atoms with van der Waals surface area (Å²) in [5, 5.41) is 10.3. The quantitative estimate of drug-likeness (QED) is 0.431. The zero-order valence-electron chi connectivity index (χ0n) is 17.6. The maximum absolute atomic E-state index is 15.7. The van der Waals surface area contributed by atoms with Crippen LogP contribution in [0.1, 0.15) is 48.1 Å². The van der Waals surface area contributed by atoms with Crippen LogP contribution in [0.5, 0.6) is 5.75 Å². The van der Waals surface area contributed by atoms with Crippen molar-refractivity contribution in [1.29, 1.82) is 0 Å². The molecule has 8 nitrogen and oxygen atoms in total. The number of halogens is 1. The van der Waals surface area contributed by atoms with Gasteiger partial charge in [-0.2, -0.15) is 0 Å². The lowest BCUT2D eigenvalue weighted by Crippen LogP contribution is -2.31. The minimum Gasteiger partial charge on any atom is -0.494 e. The van der Waals surface area contributed by atoms with Crippen LogP contribution < -0.4 is 27.5 Å². The Kier molecular flexibility index (Phi) is 5.11. The minimum atomic E-state index is -0.754. The van der Waals surface area contributed by atoms with Gasteiger partial charge in [-0.3, -0.25) is 14.3 Å². The monoisotopic (exact) mass is 460 g/mol. The number of hydrogen-bond acceptors (Lipinski definition) is 7. The molecule has 170 valence electrons. The van der Waals surface area contributed by atoms with Gasteiger partial charge in [-0.25, -0.2) is 9.18 Å². The predicted octanol–water partition coefficient (Wildman–Crippen LogP) is 2.22. The number of aryl methyl sites for hydroxylation is 1. The Morgan fingerprint density at radius 2 is 2.12 bits per heavy atom. The number of nitrogen functional groups attached to an aromatic ring is 1. The summed E-state index contributed by atoms with van der Waals surface area (Å²) >= 11 is 1.42. The summed E-state index contributed by atoms with van der Waals surface area (Å²) in [5.74, 6) is -0.750. The third-order valence-electron chi connectivity index (χ3n) is 6.54. The van der Waals surface area contributed by atoms with Crippen LogP contribution in [-0.2, 0) is 6.42 Å². The molecular weight excluding hydrogens is 435 g/mol. The smallest absolute Gasteiger partial charge is 0.329 e. The Bertz CT molecular complexity index is 1340. The first-order chi connectivity index (χ1) is 15.4. The van der Waals surface area contributed by atoms with Gasteiger partial charge in [-0.05, 0) is 43.7 Å². The summed E-state index contributed by atoms with van der Waals surface area (Å²) in [6.07, 6.45) is 3.42. The fourth-order valence-corrected chi connectivity index (χ4v) is 6.17. The number of H-pyrrole nitrogens is 1. The molecule has 2 unspecified atom stereocenters. The topological polar surface area (TPSA) is 136 Å². The maximum Gasteiger partial charge on any atom is 0.329 e. The molecule has 2 aliphatic rings. The molecule has 0 aliphatic heterocycles. The Balaban J connectivity index is 1.82. The highest BCUT2D eigenvalue weighted by Gasteiger charge is 2.34. The van der Waals surface area contributed by atoms with E-state index in [0.29, 0.717) is 4.88 Å². The van der Waals surface area contributed by atoms with E-state index in [9.17, 15) is 14.7 Å². The van der Waals surface area contributed by atoms with E-state index in [1.165, 1.54) is 23.0 Å². The van der Waals surface area contributed by atoms with Gasteiger partial charge in [0, 0.05) is 28.3 Å². The van der Waals surface area contributed by atoms with Crippen LogP contribution in [0.4, 0.5) is 10.1 Å². The molecule has 1 aromatic carbocycles. The van der Waals surface area contributed by atoms with Crippen LogP contribution in [0.25, 0.3) is 21.3 Å². The molecule has 6 N–H and O–H groups in total. The fraction of sp³-hybridized carbons (Fsp3) is 0.455. The molecule has 0 amide bonds. The minimum absolute atomic E-state index is 0.0765. The summed E-state index contributed by atoms with van der Waals surface area (Å²) in [5.41, 5.74) is 11.5. The molecule has 0 spiro atoms. The van der Waals surface area contributed by atoms with Gasteiger partial charge in [0.15, 0.2) is 11.6 Å². The third-order valence-corrected chi connectivity index (χ3v) is 7.77. The number of aliphatic hydroxyl groups excluding tert-OH is 1. The number of nitrogens with zero attached hydrogens (tertiary/aromatic N) is 1. The Hall–Kier alpha value is -2.69. The van der Waals surface area contributed by atoms with Gasteiger partial charge in [0.2, 0.25) is 0 Å². The lowest BCUT2D eigenvalue weighted by Gasteiger charge is -2.26. The lowest BCUT2D eigenvalue weighted by molar-refractivity contribution is 0.142. The normalized spacial score (nSPS) is 19.2. The third kappa shape index (κ3) is 3.08. The van der Waals surface area contributed by atoms with Crippen LogP contribution in [0.3, 0.4) is 0 Å². The van der Waals surface area contributed by atoms with E-state index in [1.807, 2.05) is 6.07 Å². The number of ether oxygens (including phenoxy) is 1.